The Morgan fingerprint density at radius 3 is 2.42 bits per heavy atom. The van der Waals surface area contributed by atoms with Gasteiger partial charge in [0, 0.05) is 66.2 Å². The number of piperidine rings is 1. The summed E-state index contributed by atoms with van der Waals surface area (Å²) in [6, 6.07) is 14.1. The fourth-order valence-electron chi connectivity index (χ4n) is 5.04. The van der Waals surface area contributed by atoms with Gasteiger partial charge in [0.15, 0.2) is 0 Å². The molecule has 2 aliphatic heterocycles. The van der Waals surface area contributed by atoms with E-state index in [4.69, 9.17) is 0 Å². The summed E-state index contributed by atoms with van der Waals surface area (Å²) in [5, 5.41) is 1.24. The molecule has 1 saturated heterocycles. The first-order valence-electron chi connectivity index (χ1n) is 11.2. The third-order valence-corrected chi connectivity index (χ3v) is 6.96. The molecule has 0 spiro atoms. The molecule has 1 N–H and O–H groups in total. The van der Waals surface area contributed by atoms with Gasteiger partial charge in [0.25, 0.3) is 5.91 Å². The van der Waals surface area contributed by atoms with Crippen molar-refractivity contribution in [2.24, 2.45) is 5.92 Å². The number of para-hydroxylation sites is 1. The Kier molecular flexibility index (Phi) is 5.05. The number of hydrogen-bond donors (Lipinski definition) is 1. The van der Waals surface area contributed by atoms with Gasteiger partial charge < -0.3 is 14.8 Å². The van der Waals surface area contributed by atoms with E-state index >= 15 is 0 Å². The van der Waals surface area contributed by atoms with Gasteiger partial charge in [-0.15, -0.1) is 0 Å². The minimum Gasteiger partial charge on any atom is -0.358 e. The van der Waals surface area contributed by atoms with Gasteiger partial charge in [-0.3, -0.25) is 9.59 Å². The summed E-state index contributed by atoms with van der Waals surface area (Å²) >= 11 is 0. The van der Waals surface area contributed by atoms with Crippen LogP contribution in [0.4, 0.5) is 0 Å². The van der Waals surface area contributed by atoms with Crippen LogP contribution in [0.2, 0.25) is 0 Å². The normalized spacial score (nSPS) is 17.1. The van der Waals surface area contributed by atoms with Gasteiger partial charge in [-0.1, -0.05) is 35.9 Å². The van der Waals surface area contributed by atoms with Crippen LogP contribution in [0.25, 0.3) is 10.9 Å². The molecule has 0 atom stereocenters. The lowest BCUT2D eigenvalue weighted by Gasteiger charge is -2.35. The lowest BCUT2D eigenvalue weighted by Crippen LogP contribution is -2.45. The zero-order chi connectivity index (χ0) is 21.5. The monoisotopic (exact) mass is 415 g/mol. The minimum absolute atomic E-state index is 0.00978. The maximum absolute atomic E-state index is 13.3. The SMILES string of the molecule is Cc1ccc(C(=O)N2CCC(C(=O)N3CCc4[nH]c5c(C)cccc5c4C3)CC2)cc1. The summed E-state index contributed by atoms with van der Waals surface area (Å²) in [5.74, 6) is 0.327. The molecule has 1 aromatic heterocycles. The third-order valence-electron chi connectivity index (χ3n) is 6.96. The van der Waals surface area contributed by atoms with Crippen molar-refractivity contribution >= 4 is 22.7 Å². The van der Waals surface area contributed by atoms with Crippen molar-refractivity contribution in [2.75, 3.05) is 19.6 Å². The average Bonchev–Trinajstić information content (AvgIpc) is 3.18. The topological polar surface area (TPSA) is 56.4 Å². The largest absolute Gasteiger partial charge is 0.358 e. The molecule has 2 aromatic carbocycles. The second-order valence-electron chi connectivity index (χ2n) is 9.02. The Morgan fingerprint density at radius 1 is 0.935 bits per heavy atom. The van der Waals surface area contributed by atoms with E-state index in [9.17, 15) is 9.59 Å². The summed E-state index contributed by atoms with van der Waals surface area (Å²) in [4.78, 5) is 33.6. The number of amides is 2. The van der Waals surface area contributed by atoms with Gasteiger partial charge in [-0.2, -0.15) is 0 Å². The molecular formula is C26H29N3O2. The van der Waals surface area contributed by atoms with Crippen molar-refractivity contribution in [3.63, 3.8) is 0 Å². The van der Waals surface area contributed by atoms with Crippen LogP contribution in [0, 0.1) is 19.8 Å². The van der Waals surface area contributed by atoms with Crippen molar-refractivity contribution in [3.8, 4) is 0 Å². The van der Waals surface area contributed by atoms with Crippen LogP contribution >= 0.6 is 0 Å². The third kappa shape index (κ3) is 3.62. The van der Waals surface area contributed by atoms with E-state index in [0.717, 1.165) is 36.9 Å². The molecule has 0 bridgehead atoms. The number of H-pyrrole nitrogens is 1. The van der Waals surface area contributed by atoms with Crippen molar-refractivity contribution in [1.82, 2.24) is 14.8 Å². The van der Waals surface area contributed by atoms with Gasteiger partial charge in [0.05, 0.1) is 0 Å². The van der Waals surface area contributed by atoms with Crippen molar-refractivity contribution in [3.05, 3.63) is 70.4 Å². The molecule has 3 heterocycles. The Hall–Kier alpha value is -3.08. The molecule has 3 aromatic rings. The smallest absolute Gasteiger partial charge is 0.253 e. The number of carbonyl (C=O) groups is 2. The molecule has 5 nitrogen and oxygen atoms in total. The standard InChI is InChI=1S/C26H29N3O2/c1-17-6-8-19(9-7-17)25(30)28-13-10-20(11-14-28)26(31)29-15-12-23-22(16-29)21-5-3-4-18(2)24(21)27-23/h3-9,20,27H,10-16H2,1-2H3. The number of fused-ring (bicyclic) bond motifs is 3. The second-order valence-corrected chi connectivity index (χ2v) is 9.02. The molecule has 2 amide bonds. The molecule has 2 aliphatic rings. The molecule has 0 saturated carbocycles. The molecular weight excluding hydrogens is 386 g/mol. The van der Waals surface area contributed by atoms with Crippen molar-refractivity contribution in [1.29, 1.82) is 0 Å². The summed E-state index contributed by atoms with van der Waals surface area (Å²) < 4.78 is 0. The number of aromatic nitrogens is 1. The summed E-state index contributed by atoms with van der Waals surface area (Å²) in [6.07, 6.45) is 2.36. The van der Waals surface area contributed by atoms with E-state index in [-0.39, 0.29) is 17.7 Å². The molecule has 160 valence electrons. The maximum Gasteiger partial charge on any atom is 0.253 e. The highest BCUT2D eigenvalue weighted by molar-refractivity contribution is 5.94. The Labute approximate surface area is 183 Å². The first kappa shape index (κ1) is 19.9. The first-order chi connectivity index (χ1) is 15.0. The van der Waals surface area contributed by atoms with E-state index < -0.39 is 0 Å². The number of nitrogens with one attached hydrogen (secondary N) is 1. The van der Waals surface area contributed by atoms with Gasteiger partial charge >= 0.3 is 0 Å². The van der Waals surface area contributed by atoms with Crippen LogP contribution < -0.4 is 0 Å². The summed E-state index contributed by atoms with van der Waals surface area (Å²) in [6.45, 7) is 6.88. The summed E-state index contributed by atoms with van der Waals surface area (Å²) in [7, 11) is 0. The number of aryl methyl sites for hydroxylation is 2. The van der Waals surface area contributed by atoms with Gasteiger partial charge in [-0.05, 0) is 44.4 Å². The number of benzene rings is 2. The quantitative estimate of drug-likeness (QED) is 0.681. The molecule has 31 heavy (non-hydrogen) atoms. The number of rotatable bonds is 2. The number of likely N-dealkylation sites (tertiary alicyclic amines) is 1. The van der Waals surface area contributed by atoms with Crippen LogP contribution in [-0.4, -0.2) is 46.2 Å². The Bertz CT molecular complexity index is 1140. The average molecular weight is 416 g/mol. The first-order valence-corrected chi connectivity index (χ1v) is 11.2. The molecule has 0 unspecified atom stereocenters. The fraction of sp³-hybridized carbons (Fsp3) is 0.385. The van der Waals surface area contributed by atoms with Gasteiger partial charge in [0.2, 0.25) is 5.91 Å². The van der Waals surface area contributed by atoms with Gasteiger partial charge in [0.1, 0.15) is 0 Å². The fourth-order valence-corrected chi connectivity index (χ4v) is 5.04. The molecule has 1 fully saturated rings. The zero-order valence-corrected chi connectivity index (χ0v) is 18.3. The van der Waals surface area contributed by atoms with E-state index in [0.29, 0.717) is 19.6 Å². The van der Waals surface area contributed by atoms with E-state index in [1.807, 2.05) is 41.0 Å². The highest BCUT2D eigenvalue weighted by atomic mass is 16.2. The molecule has 0 aliphatic carbocycles. The number of hydrogen-bond acceptors (Lipinski definition) is 2. The van der Waals surface area contributed by atoms with Crippen LogP contribution in [0.3, 0.4) is 0 Å². The zero-order valence-electron chi connectivity index (χ0n) is 18.3. The van der Waals surface area contributed by atoms with E-state index in [2.05, 4.69) is 30.1 Å². The van der Waals surface area contributed by atoms with Crippen LogP contribution in [0.5, 0.6) is 0 Å². The molecule has 5 heteroatoms. The van der Waals surface area contributed by atoms with Crippen LogP contribution in [0.1, 0.15) is 45.6 Å². The lowest BCUT2D eigenvalue weighted by atomic mass is 9.93. The highest BCUT2D eigenvalue weighted by Gasteiger charge is 2.32. The molecule has 0 radical (unpaired) electrons. The number of carbonyl (C=O) groups excluding carboxylic acids is 2. The lowest BCUT2D eigenvalue weighted by molar-refractivity contribution is -0.137. The summed E-state index contributed by atoms with van der Waals surface area (Å²) in [5.41, 5.74) is 6.86. The van der Waals surface area contributed by atoms with E-state index in [1.54, 1.807) is 0 Å². The number of nitrogens with zero attached hydrogens (tertiary/aromatic N) is 2. The van der Waals surface area contributed by atoms with Crippen LogP contribution in [0.15, 0.2) is 42.5 Å². The van der Waals surface area contributed by atoms with Crippen molar-refractivity contribution < 1.29 is 9.59 Å². The van der Waals surface area contributed by atoms with Gasteiger partial charge in [-0.25, -0.2) is 0 Å². The highest BCUT2D eigenvalue weighted by Crippen LogP contribution is 2.31. The Balaban J connectivity index is 1.24. The second kappa shape index (κ2) is 7.88. The molecule has 5 rings (SSSR count). The van der Waals surface area contributed by atoms with Crippen molar-refractivity contribution in [2.45, 2.75) is 39.7 Å². The van der Waals surface area contributed by atoms with E-state index in [1.165, 1.54) is 27.7 Å². The predicted molar refractivity (Wildman–Crippen MR) is 122 cm³/mol. The number of aromatic amines is 1. The Morgan fingerprint density at radius 2 is 1.68 bits per heavy atom. The van der Waals surface area contributed by atoms with Crippen LogP contribution in [-0.2, 0) is 17.8 Å². The predicted octanol–water partition coefficient (Wildman–Crippen LogP) is 4.22. The maximum atomic E-state index is 13.3. The minimum atomic E-state index is 0.00978.